The average molecular weight is 186 g/mol. The summed E-state index contributed by atoms with van der Waals surface area (Å²) < 4.78 is 45.3. The Morgan fingerprint density at radius 1 is 0.750 bits per heavy atom. The minimum atomic E-state index is -3.72. The fourth-order valence-electron chi connectivity index (χ4n) is 0.320. The number of rotatable bonds is 4. The molecule has 0 aromatic rings. The van der Waals surface area contributed by atoms with Crippen LogP contribution in [-0.4, -0.2) is 30.2 Å². The first kappa shape index (κ1) is 10.7. The summed E-state index contributed by atoms with van der Waals surface area (Å²) in [4.78, 5) is 29.9. The van der Waals surface area contributed by atoms with Crippen molar-refractivity contribution in [2.75, 3.05) is 0 Å². The zero-order valence-electron chi connectivity index (χ0n) is 5.39. The quantitative estimate of drug-likeness (QED) is 0.358. The van der Waals surface area contributed by atoms with Crippen molar-refractivity contribution in [3.05, 3.63) is 0 Å². The van der Waals surface area contributed by atoms with Crippen LogP contribution in [0.5, 0.6) is 0 Å². The second kappa shape index (κ2) is 3.93. The number of Topliss-reactive ketones (excluding diaryl/α,β-unsaturated/α-hetero) is 3. The molecule has 0 atom stereocenters. The van der Waals surface area contributed by atoms with Gasteiger partial charge in [-0.05, 0) is 0 Å². The largest absolute Gasteiger partial charge is 0.304 e. The van der Waals surface area contributed by atoms with Gasteiger partial charge in [-0.15, -0.1) is 0 Å². The predicted octanol–water partition coefficient (Wildman–Crippen LogP) is 0.224. The van der Waals surface area contributed by atoms with Crippen molar-refractivity contribution in [1.82, 2.24) is 0 Å². The van der Waals surface area contributed by atoms with E-state index in [1.54, 1.807) is 0 Å². The lowest BCUT2D eigenvalue weighted by atomic mass is 10.2. The van der Waals surface area contributed by atoms with E-state index in [0.29, 0.717) is 0 Å². The zero-order valence-corrected chi connectivity index (χ0v) is 5.39. The molecule has 0 rings (SSSR count). The lowest BCUT2D eigenvalue weighted by molar-refractivity contribution is -0.152. The third kappa shape index (κ3) is 2.40. The van der Waals surface area contributed by atoms with Gasteiger partial charge < -0.3 is 0 Å². The van der Waals surface area contributed by atoms with Crippen LogP contribution in [0.2, 0.25) is 0 Å². The predicted molar refractivity (Wildman–Crippen MR) is 27.0 cm³/mol. The van der Waals surface area contributed by atoms with Gasteiger partial charge in [-0.2, -0.15) is 0 Å². The van der Waals surface area contributed by atoms with Gasteiger partial charge in [0, 0.05) is 0 Å². The van der Waals surface area contributed by atoms with Gasteiger partial charge in [0.2, 0.25) is 0 Å². The second-order valence-corrected chi connectivity index (χ2v) is 1.66. The van der Waals surface area contributed by atoms with Crippen LogP contribution in [0.4, 0.5) is 17.6 Å². The van der Waals surface area contributed by atoms with Crippen LogP contribution in [0, 0.1) is 0 Å². The van der Waals surface area contributed by atoms with Crippen LogP contribution < -0.4 is 0 Å². The van der Waals surface area contributed by atoms with Crippen LogP contribution in [0.3, 0.4) is 0 Å². The van der Waals surface area contributed by atoms with E-state index in [0.717, 1.165) is 0 Å². The van der Waals surface area contributed by atoms with Crippen LogP contribution in [0.15, 0.2) is 0 Å². The van der Waals surface area contributed by atoms with E-state index in [4.69, 9.17) is 0 Å². The summed E-state index contributed by atoms with van der Waals surface area (Å²) in [6, 6.07) is 0. The molecule has 0 heterocycles. The molecular formula is C5H2F4O3. The van der Waals surface area contributed by atoms with Gasteiger partial charge in [0.1, 0.15) is 0 Å². The molecule has 0 fully saturated rings. The van der Waals surface area contributed by atoms with Crippen molar-refractivity contribution in [1.29, 1.82) is 0 Å². The van der Waals surface area contributed by atoms with Crippen LogP contribution >= 0.6 is 0 Å². The van der Waals surface area contributed by atoms with Gasteiger partial charge in [0.25, 0.3) is 17.3 Å². The van der Waals surface area contributed by atoms with Gasteiger partial charge in [-0.3, -0.25) is 14.4 Å². The normalized spacial score (nSPS) is 10.5. The first-order chi connectivity index (χ1) is 5.37. The average Bonchev–Trinajstić information content (AvgIpc) is 2.00. The minimum absolute atomic E-state index is 2.36. The first-order valence-electron chi connectivity index (χ1n) is 2.56. The number of carbonyl (C=O) groups is 3. The molecule has 0 aliphatic rings. The first-order valence-corrected chi connectivity index (χ1v) is 2.56. The van der Waals surface area contributed by atoms with E-state index >= 15 is 0 Å². The Morgan fingerprint density at radius 3 is 1.17 bits per heavy atom. The van der Waals surface area contributed by atoms with Crippen molar-refractivity contribution in [3.8, 4) is 0 Å². The highest BCUT2D eigenvalue weighted by Gasteiger charge is 2.34. The molecule has 12 heavy (non-hydrogen) atoms. The van der Waals surface area contributed by atoms with Crippen LogP contribution in [0.1, 0.15) is 0 Å². The van der Waals surface area contributed by atoms with E-state index < -0.39 is 30.2 Å². The molecule has 0 bridgehead atoms. The lowest BCUT2D eigenvalue weighted by Gasteiger charge is -1.95. The molecule has 0 aliphatic carbocycles. The molecule has 7 heteroatoms. The van der Waals surface area contributed by atoms with E-state index in [-0.39, 0.29) is 0 Å². The van der Waals surface area contributed by atoms with Crippen LogP contribution in [0.25, 0.3) is 0 Å². The van der Waals surface area contributed by atoms with E-state index in [1.165, 1.54) is 0 Å². The van der Waals surface area contributed by atoms with Crippen molar-refractivity contribution in [2.24, 2.45) is 0 Å². The highest BCUT2D eigenvalue weighted by molar-refractivity contribution is 6.65. The Hall–Kier alpha value is -1.27. The number of hydrogen-bond acceptors (Lipinski definition) is 3. The van der Waals surface area contributed by atoms with E-state index in [9.17, 15) is 31.9 Å². The van der Waals surface area contributed by atoms with Gasteiger partial charge in [-0.1, -0.05) is 0 Å². The molecule has 0 saturated carbocycles. The molecular weight excluding hydrogens is 184 g/mol. The number of halogens is 4. The van der Waals surface area contributed by atoms with Gasteiger partial charge in [0.05, 0.1) is 0 Å². The monoisotopic (exact) mass is 186 g/mol. The number of alkyl halides is 4. The highest BCUT2D eigenvalue weighted by atomic mass is 19.3. The van der Waals surface area contributed by atoms with Crippen molar-refractivity contribution < 1.29 is 31.9 Å². The molecule has 0 aromatic carbocycles. The van der Waals surface area contributed by atoms with Crippen LogP contribution in [-0.2, 0) is 14.4 Å². The summed E-state index contributed by atoms with van der Waals surface area (Å²) in [5.74, 6) is -7.17. The fourth-order valence-corrected chi connectivity index (χ4v) is 0.320. The Bertz CT molecular complexity index is 201. The Morgan fingerprint density at radius 2 is 1.00 bits per heavy atom. The van der Waals surface area contributed by atoms with Gasteiger partial charge >= 0.3 is 12.9 Å². The molecule has 0 spiro atoms. The molecule has 0 amide bonds. The Kier molecular flexibility index (Phi) is 3.52. The summed E-state index contributed by atoms with van der Waals surface area (Å²) in [7, 11) is 0. The third-order valence-corrected chi connectivity index (χ3v) is 0.844. The molecule has 3 nitrogen and oxygen atoms in total. The molecule has 0 unspecified atom stereocenters. The van der Waals surface area contributed by atoms with Crippen molar-refractivity contribution in [2.45, 2.75) is 12.9 Å². The summed E-state index contributed by atoms with van der Waals surface area (Å²) in [6.45, 7) is 0. The number of hydrogen-bond donors (Lipinski definition) is 0. The number of ketones is 3. The minimum Gasteiger partial charge on any atom is -0.284 e. The molecule has 0 aliphatic heterocycles. The summed E-state index contributed by atoms with van der Waals surface area (Å²) in [5.41, 5.74) is 0. The molecule has 68 valence electrons. The maximum atomic E-state index is 11.3. The number of carbonyl (C=O) groups excluding carboxylic acids is 3. The van der Waals surface area contributed by atoms with Gasteiger partial charge in [-0.25, -0.2) is 17.6 Å². The topological polar surface area (TPSA) is 51.2 Å². The van der Waals surface area contributed by atoms with Crippen molar-refractivity contribution in [3.63, 3.8) is 0 Å². The molecule has 0 aromatic heterocycles. The fraction of sp³-hybridized carbons (Fsp3) is 0.400. The molecule has 0 N–H and O–H groups in total. The maximum absolute atomic E-state index is 11.3. The highest BCUT2D eigenvalue weighted by Crippen LogP contribution is 2.01. The Balaban J connectivity index is 4.41. The smallest absolute Gasteiger partial charge is 0.284 e. The maximum Gasteiger partial charge on any atom is 0.304 e. The van der Waals surface area contributed by atoms with E-state index in [2.05, 4.69) is 0 Å². The molecule has 0 saturated heterocycles. The SMILES string of the molecule is O=C(C(=O)C(F)F)C(=O)C(F)F. The van der Waals surface area contributed by atoms with Crippen molar-refractivity contribution >= 4 is 17.3 Å². The standard InChI is InChI=1S/C5H2F4O3/c6-4(7)2(11)1(10)3(12)5(8)9/h4-5H. The summed E-state index contributed by atoms with van der Waals surface area (Å²) in [6.07, 6.45) is -7.44. The lowest BCUT2D eigenvalue weighted by Crippen LogP contribution is -2.33. The van der Waals surface area contributed by atoms with E-state index in [1.807, 2.05) is 0 Å². The molecule has 0 radical (unpaired) electrons. The zero-order chi connectivity index (χ0) is 9.89. The summed E-state index contributed by atoms with van der Waals surface area (Å²) in [5, 5.41) is 0. The third-order valence-electron chi connectivity index (χ3n) is 0.844. The Labute approximate surface area is 63.3 Å². The summed E-state index contributed by atoms with van der Waals surface area (Å²) >= 11 is 0. The second-order valence-electron chi connectivity index (χ2n) is 1.66. The van der Waals surface area contributed by atoms with Gasteiger partial charge in [0.15, 0.2) is 0 Å².